The lowest BCUT2D eigenvalue weighted by atomic mass is 11.0. The van der Waals surface area contributed by atoms with Crippen molar-refractivity contribution in [2.24, 2.45) is 0 Å². The molecule has 0 atom stereocenters. The lowest BCUT2D eigenvalue weighted by Crippen LogP contribution is -1.90. The van der Waals surface area contributed by atoms with Crippen LogP contribution in [0.1, 0.15) is 13.8 Å². The standard InChI is InChI=1S/C4H11NS/c1-3-6(5)4-2/h5H,3-4H2,1-2H3. The summed E-state index contributed by atoms with van der Waals surface area (Å²) in [5.74, 6) is 2.05. The summed E-state index contributed by atoms with van der Waals surface area (Å²) in [7, 11) is -0.0340. The Morgan fingerprint density at radius 2 is 1.67 bits per heavy atom. The molecule has 2 heteroatoms. The maximum absolute atomic E-state index is 7.10. The number of rotatable bonds is 2. The first-order valence-corrected chi connectivity index (χ1v) is 3.76. The number of nitrogens with one attached hydrogen (secondary N) is 1. The van der Waals surface area contributed by atoms with Gasteiger partial charge in [-0.25, -0.2) is 0 Å². The molecule has 1 N–H and O–H groups in total. The fraction of sp³-hybridized carbons (Fsp3) is 1.00. The average Bonchev–Trinajstić information content (AvgIpc) is 1.65. The van der Waals surface area contributed by atoms with Crippen LogP contribution in [0.15, 0.2) is 0 Å². The second-order valence-electron chi connectivity index (χ2n) is 1.07. The van der Waals surface area contributed by atoms with E-state index in [-0.39, 0.29) is 10.7 Å². The Balaban J connectivity index is 2.99. The third kappa shape index (κ3) is 2.39. The van der Waals surface area contributed by atoms with Crippen molar-refractivity contribution in [2.45, 2.75) is 13.8 Å². The minimum absolute atomic E-state index is 0.0340. The Morgan fingerprint density at radius 1 is 1.33 bits per heavy atom. The smallest absolute Gasteiger partial charge is 0.000993 e. The SMILES string of the molecule is CCS(=N)CC. The first-order valence-electron chi connectivity index (χ1n) is 2.20. The summed E-state index contributed by atoms with van der Waals surface area (Å²) in [6, 6.07) is 0. The van der Waals surface area contributed by atoms with Crippen molar-refractivity contribution in [1.82, 2.24) is 0 Å². The van der Waals surface area contributed by atoms with Gasteiger partial charge in [0.25, 0.3) is 0 Å². The Labute approximate surface area is 41.7 Å². The van der Waals surface area contributed by atoms with E-state index >= 15 is 0 Å². The predicted molar refractivity (Wildman–Crippen MR) is 31.2 cm³/mol. The van der Waals surface area contributed by atoms with E-state index in [1.807, 2.05) is 0 Å². The normalized spacial score (nSPS) is 9.83. The van der Waals surface area contributed by atoms with Gasteiger partial charge in [0.05, 0.1) is 0 Å². The Bertz CT molecular complexity index is 45.5. The molecule has 6 heavy (non-hydrogen) atoms. The van der Waals surface area contributed by atoms with E-state index in [0.717, 1.165) is 11.5 Å². The van der Waals surface area contributed by atoms with E-state index in [1.54, 1.807) is 0 Å². The van der Waals surface area contributed by atoms with Gasteiger partial charge in [0.15, 0.2) is 0 Å². The third-order valence-corrected chi connectivity index (χ3v) is 2.09. The zero-order valence-electron chi connectivity index (χ0n) is 4.32. The molecule has 0 aliphatic rings. The van der Waals surface area contributed by atoms with Gasteiger partial charge < -0.3 is 0 Å². The van der Waals surface area contributed by atoms with E-state index in [9.17, 15) is 0 Å². The van der Waals surface area contributed by atoms with Crippen LogP contribution in [-0.2, 0) is 10.7 Å². The van der Waals surface area contributed by atoms with E-state index < -0.39 is 0 Å². The zero-order valence-corrected chi connectivity index (χ0v) is 5.14. The molecule has 0 saturated heterocycles. The van der Waals surface area contributed by atoms with Crippen LogP contribution in [0.3, 0.4) is 0 Å². The van der Waals surface area contributed by atoms with Gasteiger partial charge in [0, 0.05) is 11.5 Å². The van der Waals surface area contributed by atoms with Crippen LogP contribution in [0, 0.1) is 4.78 Å². The van der Waals surface area contributed by atoms with E-state index in [2.05, 4.69) is 13.8 Å². The van der Waals surface area contributed by atoms with Crippen molar-refractivity contribution in [2.75, 3.05) is 11.5 Å². The molecule has 38 valence electrons. The first-order chi connectivity index (χ1) is 2.81. The van der Waals surface area contributed by atoms with Crippen molar-refractivity contribution < 1.29 is 0 Å². The van der Waals surface area contributed by atoms with Crippen molar-refractivity contribution in [3.05, 3.63) is 0 Å². The molecule has 0 spiro atoms. The highest BCUT2D eigenvalue weighted by Gasteiger charge is 1.77. The third-order valence-electron chi connectivity index (χ3n) is 0.697. The molecular formula is C4H11NS. The highest BCUT2D eigenvalue weighted by atomic mass is 32.2. The zero-order chi connectivity index (χ0) is 4.99. The van der Waals surface area contributed by atoms with Crippen molar-refractivity contribution in [1.29, 1.82) is 4.78 Å². The molecule has 1 nitrogen and oxygen atoms in total. The first kappa shape index (κ1) is 6.15. The molecule has 0 heterocycles. The fourth-order valence-corrected chi connectivity index (χ4v) is 0.612. The molecule has 0 unspecified atom stereocenters. The lowest BCUT2D eigenvalue weighted by molar-refractivity contribution is 1.40. The molecule has 0 bridgehead atoms. The van der Waals surface area contributed by atoms with Crippen LogP contribution in [0.5, 0.6) is 0 Å². The fourth-order valence-electron chi connectivity index (χ4n) is 0.204. The lowest BCUT2D eigenvalue weighted by Gasteiger charge is -1.89. The largest absolute Gasteiger partial charge is 0.280 e. The minimum atomic E-state index is -0.0340. The molecule has 0 aliphatic carbocycles. The maximum atomic E-state index is 7.10. The topological polar surface area (TPSA) is 23.9 Å². The Morgan fingerprint density at radius 3 is 1.67 bits per heavy atom. The molecule has 0 aromatic rings. The molecule has 0 fully saturated rings. The Hall–Kier alpha value is 0.150. The summed E-state index contributed by atoms with van der Waals surface area (Å²) in [4.78, 5) is 0. The minimum Gasteiger partial charge on any atom is -0.280 e. The van der Waals surface area contributed by atoms with Crippen LogP contribution < -0.4 is 0 Å². The van der Waals surface area contributed by atoms with Gasteiger partial charge in [-0.1, -0.05) is 13.8 Å². The molecule has 0 radical (unpaired) electrons. The van der Waals surface area contributed by atoms with Gasteiger partial charge in [-0.05, 0) is 0 Å². The molecule has 0 aromatic heterocycles. The average molecular weight is 105 g/mol. The highest BCUT2D eigenvalue weighted by molar-refractivity contribution is 7.85. The van der Waals surface area contributed by atoms with E-state index in [4.69, 9.17) is 4.78 Å². The molecular weight excluding hydrogens is 94.1 g/mol. The van der Waals surface area contributed by atoms with Crippen LogP contribution in [0.2, 0.25) is 0 Å². The van der Waals surface area contributed by atoms with Crippen LogP contribution >= 0.6 is 0 Å². The molecule has 0 rings (SSSR count). The quantitative estimate of drug-likeness (QED) is 0.549. The van der Waals surface area contributed by atoms with Crippen LogP contribution in [-0.4, -0.2) is 11.5 Å². The summed E-state index contributed by atoms with van der Waals surface area (Å²) < 4.78 is 7.10. The summed E-state index contributed by atoms with van der Waals surface area (Å²) in [5.41, 5.74) is 0. The van der Waals surface area contributed by atoms with Crippen molar-refractivity contribution in [3.8, 4) is 0 Å². The van der Waals surface area contributed by atoms with Gasteiger partial charge in [0.1, 0.15) is 0 Å². The molecule has 0 aromatic carbocycles. The summed E-state index contributed by atoms with van der Waals surface area (Å²) >= 11 is 0. The number of hydrogen-bond donors (Lipinski definition) is 1. The Kier molecular flexibility index (Phi) is 3.43. The van der Waals surface area contributed by atoms with Gasteiger partial charge in [-0.3, -0.25) is 4.78 Å². The summed E-state index contributed by atoms with van der Waals surface area (Å²) in [6.45, 7) is 4.11. The van der Waals surface area contributed by atoms with Gasteiger partial charge in [-0.2, -0.15) is 0 Å². The maximum Gasteiger partial charge on any atom is 0.000993 e. The van der Waals surface area contributed by atoms with Crippen molar-refractivity contribution in [3.63, 3.8) is 0 Å². The second-order valence-corrected chi connectivity index (χ2v) is 3.21. The van der Waals surface area contributed by atoms with Crippen LogP contribution in [0.25, 0.3) is 0 Å². The van der Waals surface area contributed by atoms with Crippen LogP contribution in [0.4, 0.5) is 0 Å². The van der Waals surface area contributed by atoms with Gasteiger partial charge in [0.2, 0.25) is 0 Å². The predicted octanol–water partition coefficient (Wildman–Crippen LogP) is 1.41. The number of hydrogen-bond acceptors (Lipinski definition) is 1. The van der Waals surface area contributed by atoms with Gasteiger partial charge in [-0.15, -0.1) is 10.7 Å². The highest BCUT2D eigenvalue weighted by Crippen LogP contribution is 1.77. The van der Waals surface area contributed by atoms with E-state index in [1.165, 1.54) is 0 Å². The van der Waals surface area contributed by atoms with Crippen molar-refractivity contribution >= 4 is 10.7 Å². The molecule has 0 amide bonds. The second kappa shape index (κ2) is 3.34. The monoisotopic (exact) mass is 105 g/mol. The molecule has 0 saturated carbocycles. The van der Waals surface area contributed by atoms with E-state index in [0.29, 0.717) is 0 Å². The summed E-state index contributed by atoms with van der Waals surface area (Å²) in [6.07, 6.45) is 0. The van der Waals surface area contributed by atoms with Gasteiger partial charge >= 0.3 is 0 Å². The molecule has 0 aliphatic heterocycles. The summed E-state index contributed by atoms with van der Waals surface area (Å²) in [5, 5.41) is 0.